The minimum Gasteiger partial charge on any atom is -0.496 e. The standard InChI is InChI=1S/C19H20N2O2S/c1-3-13-8-10-15-17(12-13)24-19(20-15)21-18(22)11-9-14-6-4-5-7-16(14)23-2/h4-8,10,12H,3,9,11H2,1-2H3,(H,20,21,22). The Kier molecular flexibility index (Phi) is 5.11. The van der Waals surface area contributed by atoms with Crippen molar-refractivity contribution >= 4 is 32.6 Å². The molecule has 0 fully saturated rings. The van der Waals surface area contributed by atoms with E-state index in [9.17, 15) is 4.79 Å². The molecular formula is C19H20N2O2S. The topological polar surface area (TPSA) is 51.2 Å². The summed E-state index contributed by atoms with van der Waals surface area (Å²) in [6.07, 6.45) is 2.03. The smallest absolute Gasteiger partial charge is 0.226 e. The normalized spacial score (nSPS) is 10.8. The van der Waals surface area contributed by atoms with Crippen molar-refractivity contribution in [3.8, 4) is 5.75 Å². The first-order chi connectivity index (χ1) is 11.7. The van der Waals surface area contributed by atoms with Crippen LogP contribution in [0.2, 0.25) is 0 Å². The van der Waals surface area contributed by atoms with E-state index in [-0.39, 0.29) is 5.91 Å². The minimum absolute atomic E-state index is 0.0318. The highest BCUT2D eigenvalue weighted by Gasteiger charge is 2.10. The number of fused-ring (bicyclic) bond motifs is 1. The van der Waals surface area contributed by atoms with E-state index in [0.717, 1.165) is 28.0 Å². The van der Waals surface area contributed by atoms with Gasteiger partial charge in [-0.15, -0.1) is 0 Å². The molecular weight excluding hydrogens is 320 g/mol. The number of nitrogens with zero attached hydrogens (tertiary/aromatic N) is 1. The highest BCUT2D eigenvalue weighted by Crippen LogP contribution is 2.27. The maximum absolute atomic E-state index is 12.2. The van der Waals surface area contributed by atoms with Crippen LogP contribution in [0.4, 0.5) is 5.13 Å². The zero-order valence-electron chi connectivity index (χ0n) is 13.8. The molecule has 3 aromatic rings. The van der Waals surface area contributed by atoms with E-state index >= 15 is 0 Å². The highest BCUT2D eigenvalue weighted by atomic mass is 32.1. The van der Waals surface area contributed by atoms with Crippen LogP contribution in [0.3, 0.4) is 0 Å². The van der Waals surface area contributed by atoms with E-state index in [0.29, 0.717) is 18.0 Å². The first kappa shape index (κ1) is 16.5. The van der Waals surface area contributed by atoms with Crippen molar-refractivity contribution in [3.05, 3.63) is 53.6 Å². The first-order valence-corrected chi connectivity index (χ1v) is 8.82. The lowest BCUT2D eigenvalue weighted by molar-refractivity contribution is -0.116. The number of amides is 1. The fourth-order valence-electron chi connectivity index (χ4n) is 2.58. The summed E-state index contributed by atoms with van der Waals surface area (Å²) in [7, 11) is 1.64. The van der Waals surface area contributed by atoms with Crippen molar-refractivity contribution in [2.45, 2.75) is 26.2 Å². The molecule has 0 spiro atoms. The Morgan fingerprint density at radius 1 is 1.25 bits per heavy atom. The third kappa shape index (κ3) is 3.74. The number of hydrogen-bond donors (Lipinski definition) is 1. The zero-order valence-corrected chi connectivity index (χ0v) is 14.7. The van der Waals surface area contributed by atoms with E-state index in [4.69, 9.17) is 4.74 Å². The van der Waals surface area contributed by atoms with Crippen molar-refractivity contribution in [2.75, 3.05) is 12.4 Å². The Hall–Kier alpha value is -2.40. The highest BCUT2D eigenvalue weighted by molar-refractivity contribution is 7.22. The number of ether oxygens (including phenoxy) is 1. The molecule has 1 N–H and O–H groups in total. The summed E-state index contributed by atoms with van der Waals surface area (Å²) < 4.78 is 6.42. The van der Waals surface area contributed by atoms with E-state index in [1.54, 1.807) is 7.11 Å². The molecule has 0 atom stereocenters. The number of hydrogen-bond acceptors (Lipinski definition) is 4. The average Bonchev–Trinajstić information content (AvgIpc) is 3.01. The predicted octanol–water partition coefficient (Wildman–Crippen LogP) is 4.44. The summed E-state index contributed by atoms with van der Waals surface area (Å²) in [6.45, 7) is 2.13. The van der Waals surface area contributed by atoms with Gasteiger partial charge in [-0.1, -0.05) is 42.5 Å². The molecule has 0 radical (unpaired) electrons. The molecule has 124 valence electrons. The molecule has 0 unspecified atom stereocenters. The number of aromatic nitrogens is 1. The van der Waals surface area contributed by atoms with Crippen molar-refractivity contribution < 1.29 is 9.53 Å². The van der Waals surface area contributed by atoms with Gasteiger partial charge >= 0.3 is 0 Å². The van der Waals surface area contributed by atoms with Gasteiger partial charge in [0.2, 0.25) is 5.91 Å². The fourth-order valence-corrected chi connectivity index (χ4v) is 3.53. The maximum Gasteiger partial charge on any atom is 0.226 e. The van der Waals surface area contributed by atoms with Gasteiger partial charge < -0.3 is 10.1 Å². The number of rotatable bonds is 6. The largest absolute Gasteiger partial charge is 0.496 e. The quantitative estimate of drug-likeness (QED) is 0.722. The number of para-hydroxylation sites is 1. The molecule has 1 heterocycles. The molecule has 0 bridgehead atoms. The summed E-state index contributed by atoms with van der Waals surface area (Å²) in [5, 5.41) is 3.56. The Bertz CT molecular complexity index is 857. The molecule has 24 heavy (non-hydrogen) atoms. The van der Waals surface area contributed by atoms with Gasteiger partial charge in [0, 0.05) is 6.42 Å². The van der Waals surface area contributed by atoms with Crippen molar-refractivity contribution in [2.24, 2.45) is 0 Å². The molecule has 0 saturated heterocycles. The van der Waals surface area contributed by atoms with Crippen molar-refractivity contribution in [1.82, 2.24) is 4.98 Å². The van der Waals surface area contributed by atoms with Gasteiger partial charge in [0.25, 0.3) is 0 Å². The van der Waals surface area contributed by atoms with Gasteiger partial charge in [0.15, 0.2) is 5.13 Å². The average molecular weight is 340 g/mol. The lowest BCUT2D eigenvalue weighted by Gasteiger charge is -2.07. The first-order valence-electron chi connectivity index (χ1n) is 8.01. The van der Waals surface area contributed by atoms with Crippen LogP contribution in [0, 0.1) is 0 Å². The third-order valence-corrected chi connectivity index (χ3v) is 4.85. The second-order valence-corrected chi connectivity index (χ2v) is 6.57. The van der Waals surface area contributed by atoms with Gasteiger partial charge in [0.1, 0.15) is 5.75 Å². The van der Waals surface area contributed by atoms with E-state index < -0.39 is 0 Å². The van der Waals surface area contributed by atoms with Crippen LogP contribution >= 0.6 is 11.3 Å². The Labute approximate surface area is 145 Å². The number of thiazole rings is 1. The summed E-state index contributed by atoms with van der Waals surface area (Å²) in [4.78, 5) is 16.7. The van der Waals surface area contributed by atoms with E-state index in [1.807, 2.05) is 30.3 Å². The van der Waals surface area contributed by atoms with Crippen LogP contribution in [0.25, 0.3) is 10.2 Å². The summed E-state index contributed by atoms with van der Waals surface area (Å²) in [6, 6.07) is 14.0. The van der Waals surface area contributed by atoms with Gasteiger partial charge in [-0.25, -0.2) is 4.98 Å². The Morgan fingerprint density at radius 3 is 2.88 bits per heavy atom. The zero-order chi connectivity index (χ0) is 16.9. The maximum atomic E-state index is 12.2. The molecule has 1 aromatic heterocycles. The molecule has 0 aliphatic heterocycles. The van der Waals surface area contributed by atoms with Crippen LogP contribution in [0.15, 0.2) is 42.5 Å². The fraction of sp³-hybridized carbons (Fsp3) is 0.263. The third-order valence-electron chi connectivity index (χ3n) is 3.92. The molecule has 4 nitrogen and oxygen atoms in total. The summed E-state index contributed by atoms with van der Waals surface area (Å²) in [5.41, 5.74) is 3.24. The molecule has 1 amide bonds. The van der Waals surface area contributed by atoms with Crippen molar-refractivity contribution in [1.29, 1.82) is 0 Å². The molecule has 0 aliphatic rings. The Balaban J connectivity index is 1.64. The monoisotopic (exact) mass is 340 g/mol. The van der Waals surface area contributed by atoms with Crippen LogP contribution in [0.5, 0.6) is 5.75 Å². The number of methoxy groups -OCH3 is 1. The second-order valence-electron chi connectivity index (χ2n) is 5.53. The number of benzene rings is 2. The molecule has 2 aromatic carbocycles. The Morgan fingerprint density at radius 2 is 2.08 bits per heavy atom. The molecule has 3 rings (SSSR count). The number of carbonyl (C=O) groups excluding carboxylic acids is 1. The lowest BCUT2D eigenvalue weighted by Crippen LogP contribution is -2.12. The van der Waals surface area contributed by atoms with Gasteiger partial charge in [-0.3, -0.25) is 4.79 Å². The summed E-state index contributed by atoms with van der Waals surface area (Å²) in [5.74, 6) is 0.785. The van der Waals surface area contributed by atoms with E-state index in [1.165, 1.54) is 16.9 Å². The molecule has 0 saturated carbocycles. The predicted molar refractivity (Wildman–Crippen MR) is 98.9 cm³/mol. The van der Waals surface area contributed by atoms with Gasteiger partial charge in [-0.05, 0) is 42.2 Å². The number of nitrogens with one attached hydrogen (secondary N) is 1. The molecule has 0 aliphatic carbocycles. The molecule has 5 heteroatoms. The van der Waals surface area contributed by atoms with Crippen molar-refractivity contribution in [3.63, 3.8) is 0 Å². The summed E-state index contributed by atoms with van der Waals surface area (Å²) >= 11 is 1.52. The van der Waals surface area contributed by atoms with Gasteiger partial charge in [-0.2, -0.15) is 0 Å². The minimum atomic E-state index is -0.0318. The second kappa shape index (κ2) is 7.45. The number of anilines is 1. The van der Waals surface area contributed by atoms with Crippen LogP contribution in [0.1, 0.15) is 24.5 Å². The van der Waals surface area contributed by atoms with E-state index in [2.05, 4.69) is 29.4 Å². The van der Waals surface area contributed by atoms with Crippen LogP contribution in [-0.2, 0) is 17.6 Å². The van der Waals surface area contributed by atoms with Crippen LogP contribution in [-0.4, -0.2) is 18.0 Å². The lowest BCUT2D eigenvalue weighted by atomic mass is 10.1. The number of aryl methyl sites for hydroxylation is 2. The SMILES string of the molecule is CCc1ccc2nc(NC(=O)CCc3ccccc3OC)sc2c1. The number of carbonyl (C=O) groups is 1. The van der Waals surface area contributed by atoms with Crippen LogP contribution < -0.4 is 10.1 Å². The van der Waals surface area contributed by atoms with Gasteiger partial charge in [0.05, 0.1) is 17.3 Å².